The summed E-state index contributed by atoms with van der Waals surface area (Å²) in [5.41, 5.74) is 7.03. The van der Waals surface area contributed by atoms with Gasteiger partial charge in [0.05, 0.1) is 19.2 Å². The smallest absolute Gasteiger partial charge is 0.243 e. The third-order valence-electron chi connectivity index (χ3n) is 2.86. The number of hydrogen-bond acceptors (Lipinski definition) is 4. The van der Waals surface area contributed by atoms with Crippen LogP contribution in [0.15, 0.2) is 24.3 Å². The zero-order chi connectivity index (χ0) is 15.1. The van der Waals surface area contributed by atoms with E-state index in [4.69, 9.17) is 10.8 Å². The number of carbonyl (C=O) groups excluding carboxylic acids is 2. The molecule has 1 aromatic rings. The fourth-order valence-corrected chi connectivity index (χ4v) is 1.49. The average Bonchev–Trinajstić information content (AvgIpc) is 2.44. The van der Waals surface area contributed by atoms with Crippen molar-refractivity contribution in [3.05, 3.63) is 29.8 Å². The zero-order valence-electron chi connectivity index (χ0n) is 11.7. The van der Waals surface area contributed by atoms with Gasteiger partial charge in [0.15, 0.2) is 0 Å². The number of anilines is 1. The molecule has 1 unspecified atom stereocenters. The van der Waals surface area contributed by atoms with E-state index in [1.807, 2.05) is 13.8 Å². The van der Waals surface area contributed by atoms with E-state index < -0.39 is 6.04 Å². The van der Waals surface area contributed by atoms with Crippen LogP contribution in [0.1, 0.15) is 19.4 Å². The summed E-state index contributed by atoms with van der Waals surface area (Å²) in [5.74, 6) is -0.652. The van der Waals surface area contributed by atoms with Crippen molar-refractivity contribution in [2.75, 3.05) is 11.9 Å². The first-order valence-electron chi connectivity index (χ1n) is 6.47. The van der Waals surface area contributed by atoms with E-state index in [0.29, 0.717) is 5.69 Å². The molecule has 20 heavy (non-hydrogen) atoms. The van der Waals surface area contributed by atoms with E-state index in [1.54, 1.807) is 24.3 Å². The van der Waals surface area contributed by atoms with Crippen molar-refractivity contribution in [2.45, 2.75) is 26.5 Å². The van der Waals surface area contributed by atoms with Gasteiger partial charge in [0, 0.05) is 5.69 Å². The maximum Gasteiger partial charge on any atom is 0.243 e. The van der Waals surface area contributed by atoms with Crippen LogP contribution in [0.3, 0.4) is 0 Å². The highest BCUT2D eigenvalue weighted by atomic mass is 16.3. The standard InChI is InChI=1S/C14H21N3O3/c1-9(2)13(15)14(20)16-7-12(19)17-11-5-3-10(8-18)4-6-11/h3-6,9,13,18H,7-8,15H2,1-2H3,(H,16,20)(H,17,19). The first-order chi connectivity index (χ1) is 9.43. The lowest BCUT2D eigenvalue weighted by Gasteiger charge is -2.15. The fourth-order valence-electron chi connectivity index (χ4n) is 1.49. The highest BCUT2D eigenvalue weighted by Crippen LogP contribution is 2.09. The lowest BCUT2D eigenvalue weighted by Crippen LogP contribution is -2.46. The van der Waals surface area contributed by atoms with Gasteiger partial charge < -0.3 is 21.5 Å². The minimum Gasteiger partial charge on any atom is -0.392 e. The second-order valence-corrected chi connectivity index (χ2v) is 4.89. The summed E-state index contributed by atoms with van der Waals surface area (Å²) in [6.07, 6.45) is 0. The molecule has 0 aliphatic carbocycles. The van der Waals surface area contributed by atoms with Gasteiger partial charge in [0.2, 0.25) is 11.8 Å². The van der Waals surface area contributed by atoms with Crippen LogP contribution < -0.4 is 16.4 Å². The van der Waals surface area contributed by atoms with Gasteiger partial charge in [0.1, 0.15) is 0 Å². The van der Waals surface area contributed by atoms with Gasteiger partial charge in [-0.2, -0.15) is 0 Å². The van der Waals surface area contributed by atoms with E-state index in [1.165, 1.54) is 0 Å². The van der Waals surface area contributed by atoms with E-state index in [-0.39, 0.29) is 30.9 Å². The summed E-state index contributed by atoms with van der Waals surface area (Å²) < 4.78 is 0. The maximum absolute atomic E-state index is 11.6. The number of nitrogens with one attached hydrogen (secondary N) is 2. The highest BCUT2D eigenvalue weighted by Gasteiger charge is 2.17. The number of aliphatic hydroxyl groups is 1. The molecule has 0 fully saturated rings. The molecule has 0 saturated heterocycles. The summed E-state index contributed by atoms with van der Waals surface area (Å²) in [6.45, 7) is 3.51. The van der Waals surface area contributed by atoms with Crippen molar-refractivity contribution in [3.8, 4) is 0 Å². The van der Waals surface area contributed by atoms with E-state index in [9.17, 15) is 9.59 Å². The Hall–Kier alpha value is -1.92. The Morgan fingerprint density at radius 2 is 1.85 bits per heavy atom. The fraction of sp³-hybridized carbons (Fsp3) is 0.429. The zero-order valence-corrected chi connectivity index (χ0v) is 11.7. The van der Waals surface area contributed by atoms with Gasteiger partial charge >= 0.3 is 0 Å². The average molecular weight is 279 g/mol. The van der Waals surface area contributed by atoms with Crippen LogP contribution in [0.2, 0.25) is 0 Å². The van der Waals surface area contributed by atoms with E-state index in [0.717, 1.165) is 5.56 Å². The monoisotopic (exact) mass is 279 g/mol. The molecule has 2 amide bonds. The van der Waals surface area contributed by atoms with Crippen LogP contribution in [-0.2, 0) is 16.2 Å². The minimum absolute atomic E-state index is 0.0177. The molecule has 0 bridgehead atoms. The first kappa shape index (κ1) is 16.1. The summed E-state index contributed by atoms with van der Waals surface area (Å²) >= 11 is 0. The van der Waals surface area contributed by atoms with Crippen molar-refractivity contribution in [1.82, 2.24) is 5.32 Å². The summed E-state index contributed by atoms with van der Waals surface area (Å²) in [4.78, 5) is 23.2. The lowest BCUT2D eigenvalue weighted by atomic mass is 10.1. The van der Waals surface area contributed by atoms with Gasteiger partial charge in [-0.3, -0.25) is 9.59 Å². The third-order valence-corrected chi connectivity index (χ3v) is 2.86. The number of aliphatic hydroxyl groups excluding tert-OH is 1. The molecule has 0 radical (unpaired) electrons. The van der Waals surface area contributed by atoms with E-state index >= 15 is 0 Å². The van der Waals surface area contributed by atoms with Crippen molar-refractivity contribution in [3.63, 3.8) is 0 Å². The summed E-state index contributed by atoms with van der Waals surface area (Å²) in [5, 5.41) is 14.0. The van der Waals surface area contributed by atoms with Crippen molar-refractivity contribution in [2.24, 2.45) is 11.7 Å². The number of amides is 2. The number of benzene rings is 1. The molecule has 1 atom stereocenters. The Morgan fingerprint density at radius 3 is 2.35 bits per heavy atom. The van der Waals surface area contributed by atoms with Crippen LogP contribution >= 0.6 is 0 Å². The third kappa shape index (κ3) is 4.99. The summed E-state index contributed by atoms with van der Waals surface area (Å²) in [6, 6.07) is 6.17. The Labute approximate surface area is 118 Å². The molecule has 6 heteroatoms. The first-order valence-corrected chi connectivity index (χ1v) is 6.47. The van der Waals surface area contributed by atoms with Gasteiger partial charge in [-0.25, -0.2) is 0 Å². The predicted octanol–water partition coefficient (Wildman–Crippen LogP) is 0.217. The van der Waals surface area contributed by atoms with Crippen LogP contribution in [-0.4, -0.2) is 29.5 Å². The number of carbonyl (C=O) groups is 2. The quantitative estimate of drug-likeness (QED) is 0.597. The lowest BCUT2D eigenvalue weighted by molar-refractivity contribution is -0.125. The molecule has 0 heterocycles. The maximum atomic E-state index is 11.6. The number of nitrogens with two attached hydrogens (primary N) is 1. The van der Waals surface area contributed by atoms with Gasteiger partial charge in [-0.15, -0.1) is 0 Å². The largest absolute Gasteiger partial charge is 0.392 e. The molecule has 110 valence electrons. The van der Waals surface area contributed by atoms with Crippen LogP contribution in [0.5, 0.6) is 0 Å². The Kier molecular flexibility index (Phi) is 6.14. The van der Waals surface area contributed by atoms with Crippen molar-refractivity contribution in [1.29, 1.82) is 0 Å². The van der Waals surface area contributed by atoms with Crippen LogP contribution in [0, 0.1) is 5.92 Å². The predicted molar refractivity (Wildman–Crippen MR) is 76.8 cm³/mol. The normalized spacial score (nSPS) is 12.1. The molecule has 1 aromatic carbocycles. The molecule has 6 nitrogen and oxygen atoms in total. The SMILES string of the molecule is CC(C)C(N)C(=O)NCC(=O)Nc1ccc(CO)cc1. The van der Waals surface area contributed by atoms with Crippen molar-refractivity contribution >= 4 is 17.5 Å². The molecule has 1 rings (SSSR count). The highest BCUT2D eigenvalue weighted by molar-refractivity contribution is 5.95. The molecule has 0 aliphatic heterocycles. The second kappa shape index (κ2) is 7.62. The van der Waals surface area contributed by atoms with Crippen LogP contribution in [0.25, 0.3) is 0 Å². The Balaban J connectivity index is 2.41. The van der Waals surface area contributed by atoms with Crippen LogP contribution in [0.4, 0.5) is 5.69 Å². The molecule has 0 aromatic heterocycles. The second-order valence-electron chi connectivity index (χ2n) is 4.89. The molecule has 0 saturated carbocycles. The van der Waals surface area contributed by atoms with E-state index in [2.05, 4.69) is 10.6 Å². The molecular weight excluding hydrogens is 258 g/mol. The minimum atomic E-state index is -0.619. The number of hydrogen-bond donors (Lipinski definition) is 4. The Bertz CT molecular complexity index is 457. The topological polar surface area (TPSA) is 104 Å². The molecule has 5 N–H and O–H groups in total. The van der Waals surface area contributed by atoms with Gasteiger partial charge in [-0.05, 0) is 23.6 Å². The number of rotatable bonds is 6. The summed E-state index contributed by atoms with van der Waals surface area (Å²) in [7, 11) is 0. The van der Waals surface area contributed by atoms with Crippen molar-refractivity contribution < 1.29 is 14.7 Å². The molecular formula is C14H21N3O3. The van der Waals surface area contributed by atoms with Gasteiger partial charge in [0.25, 0.3) is 0 Å². The van der Waals surface area contributed by atoms with Gasteiger partial charge in [-0.1, -0.05) is 26.0 Å². The Morgan fingerprint density at radius 1 is 1.25 bits per heavy atom. The molecule has 0 spiro atoms. The molecule has 0 aliphatic rings.